The number of ether oxygens (including phenoxy) is 1. The van der Waals surface area contributed by atoms with E-state index in [9.17, 15) is 22.8 Å². The fraction of sp³-hybridized carbons (Fsp3) is 0.429. The number of rotatable bonds is 3. The normalized spacial score (nSPS) is 17.0. The molecule has 0 spiro atoms. The zero-order chi connectivity index (χ0) is 19.1. The van der Waals surface area contributed by atoms with Crippen molar-refractivity contribution >= 4 is 17.8 Å². The average molecular weight is 393 g/mol. The number of hydrogen-bond donors (Lipinski definition) is 1. The van der Waals surface area contributed by atoms with Gasteiger partial charge in [0.2, 0.25) is 0 Å². The molecule has 8 nitrogen and oxygen atoms in total. The summed E-state index contributed by atoms with van der Waals surface area (Å²) in [7, 11) is 0. The molecule has 2 aromatic rings. The molecule has 0 radical (unpaired) electrons. The van der Waals surface area contributed by atoms with Gasteiger partial charge in [-0.3, -0.25) is 4.98 Å². The van der Waals surface area contributed by atoms with E-state index >= 15 is 0 Å². The highest BCUT2D eigenvalue weighted by Crippen LogP contribution is 2.35. The largest absolute Gasteiger partial charge is 0.507 e. The Morgan fingerprint density at radius 3 is 2.85 bits per heavy atom. The zero-order valence-electron chi connectivity index (χ0n) is 13.0. The molecule has 1 N–H and O–H groups in total. The lowest BCUT2D eigenvalue weighted by Crippen LogP contribution is -2.33. The molecular formula is C14H12ClF3N4O4. The van der Waals surface area contributed by atoms with Crippen LogP contribution < -0.4 is 5.69 Å². The molecule has 0 amide bonds. The van der Waals surface area contributed by atoms with E-state index in [-0.39, 0.29) is 18.1 Å². The van der Waals surface area contributed by atoms with Crippen molar-refractivity contribution in [2.45, 2.75) is 38.2 Å². The Morgan fingerprint density at radius 2 is 2.19 bits per heavy atom. The standard InChI is InChI=1S/C14H12ClF3N4O4/c15-11-7(14(16,17)18)4-5-19-8(11)6-21-12(23)22-9(20-21)2-1-3-10(22)26-13(24)25/h4-5,10H,1-3,6H2,(H,24,25)/t10-/m0/s1. The predicted molar refractivity (Wildman–Crippen MR) is 80.9 cm³/mol. The molecule has 3 heterocycles. The van der Waals surface area contributed by atoms with Crippen LogP contribution in [0.1, 0.15) is 36.2 Å². The van der Waals surface area contributed by atoms with Crippen molar-refractivity contribution in [3.63, 3.8) is 0 Å². The lowest BCUT2D eigenvalue weighted by atomic mass is 10.1. The molecule has 140 valence electrons. The van der Waals surface area contributed by atoms with Crippen LogP contribution in [0.3, 0.4) is 0 Å². The topological polar surface area (TPSA) is 99.2 Å². The summed E-state index contributed by atoms with van der Waals surface area (Å²) in [6.45, 7) is -0.388. The number of halogens is 4. The Bertz CT molecular complexity index is 909. The van der Waals surface area contributed by atoms with Gasteiger partial charge < -0.3 is 9.84 Å². The van der Waals surface area contributed by atoms with Crippen molar-refractivity contribution in [1.29, 1.82) is 0 Å². The van der Waals surface area contributed by atoms with Crippen molar-refractivity contribution < 1.29 is 27.8 Å². The molecule has 3 rings (SSSR count). The molecule has 0 unspecified atom stereocenters. The predicted octanol–water partition coefficient (Wildman–Crippen LogP) is 2.69. The summed E-state index contributed by atoms with van der Waals surface area (Å²) in [5.74, 6) is 0.288. The zero-order valence-corrected chi connectivity index (χ0v) is 13.8. The van der Waals surface area contributed by atoms with E-state index in [4.69, 9.17) is 16.7 Å². The second kappa shape index (κ2) is 6.63. The van der Waals surface area contributed by atoms with E-state index in [0.717, 1.165) is 21.5 Å². The minimum atomic E-state index is -4.66. The third kappa shape index (κ3) is 3.39. The summed E-state index contributed by atoms with van der Waals surface area (Å²) in [5, 5.41) is 12.2. The van der Waals surface area contributed by atoms with Gasteiger partial charge in [0.05, 0.1) is 22.8 Å². The lowest BCUT2D eigenvalue weighted by molar-refractivity contribution is -0.137. The van der Waals surface area contributed by atoms with Crippen LogP contribution in [-0.4, -0.2) is 30.6 Å². The highest BCUT2D eigenvalue weighted by molar-refractivity contribution is 6.32. The van der Waals surface area contributed by atoms with Crippen LogP contribution in [0.5, 0.6) is 0 Å². The van der Waals surface area contributed by atoms with Crippen molar-refractivity contribution in [3.8, 4) is 0 Å². The second-order valence-corrected chi connectivity index (χ2v) is 5.95. The van der Waals surface area contributed by atoms with Gasteiger partial charge in [0.15, 0.2) is 6.23 Å². The first-order valence-corrected chi connectivity index (χ1v) is 7.84. The van der Waals surface area contributed by atoms with E-state index in [1.165, 1.54) is 0 Å². The summed E-state index contributed by atoms with van der Waals surface area (Å²) >= 11 is 5.79. The Labute approximate surface area is 148 Å². The van der Waals surface area contributed by atoms with Gasteiger partial charge in [0.25, 0.3) is 0 Å². The smallest absolute Gasteiger partial charge is 0.450 e. The maximum absolute atomic E-state index is 12.9. The van der Waals surface area contributed by atoms with Gasteiger partial charge in [-0.2, -0.15) is 18.3 Å². The highest BCUT2D eigenvalue weighted by Gasteiger charge is 2.35. The van der Waals surface area contributed by atoms with Crippen LogP contribution in [0, 0.1) is 0 Å². The van der Waals surface area contributed by atoms with Gasteiger partial charge in [-0.15, -0.1) is 0 Å². The molecular weight excluding hydrogens is 381 g/mol. The first-order chi connectivity index (χ1) is 12.2. The minimum absolute atomic E-state index is 0.172. The average Bonchev–Trinajstić information content (AvgIpc) is 2.85. The Morgan fingerprint density at radius 1 is 1.46 bits per heavy atom. The fourth-order valence-corrected chi connectivity index (χ4v) is 3.06. The first-order valence-electron chi connectivity index (χ1n) is 7.47. The Balaban J connectivity index is 1.97. The molecule has 26 heavy (non-hydrogen) atoms. The minimum Gasteiger partial charge on any atom is -0.450 e. The molecule has 0 aliphatic carbocycles. The summed E-state index contributed by atoms with van der Waals surface area (Å²) in [5.41, 5.74) is -1.94. The molecule has 1 aliphatic heterocycles. The maximum Gasteiger partial charge on any atom is 0.507 e. The van der Waals surface area contributed by atoms with E-state index < -0.39 is 34.8 Å². The van der Waals surface area contributed by atoms with Crippen LogP contribution in [0.15, 0.2) is 17.1 Å². The molecule has 0 aromatic carbocycles. The molecule has 0 saturated carbocycles. The van der Waals surface area contributed by atoms with E-state index in [1.54, 1.807) is 0 Å². The third-order valence-electron chi connectivity index (χ3n) is 3.88. The monoisotopic (exact) mass is 392 g/mol. The van der Waals surface area contributed by atoms with Gasteiger partial charge in [-0.05, 0) is 12.5 Å². The van der Waals surface area contributed by atoms with Crippen molar-refractivity contribution in [2.75, 3.05) is 0 Å². The summed E-state index contributed by atoms with van der Waals surface area (Å²) < 4.78 is 45.5. The molecule has 12 heteroatoms. The number of aromatic nitrogens is 4. The third-order valence-corrected chi connectivity index (χ3v) is 4.31. The number of pyridine rings is 1. The summed E-state index contributed by atoms with van der Waals surface area (Å²) in [6.07, 6.45) is -5.02. The van der Waals surface area contributed by atoms with E-state index in [1.807, 2.05) is 0 Å². The van der Waals surface area contributed by atoms with Crippen LogP contribution in [0.25, 0.3) is 0 Å². The van der Waals surface area contributed by atoms with Gasteiger partial charge in [-0.1, -0.05) is 11.6 Å². The Hall–Kier alpha value is -2.56. The fourth-order valence-electron chi connectivity index (χ4n) is 2.78. The number of alkyl halides is 3. The van der Waals surface area contributed by atoms with Crippen LogP contribution >= 0.6 is 11.6 Å². The van der Waals surface area contributed by atoms with Gasteiger partial charge in [-0.25, -0.2) is 18.8 Å². The van der Waals surface area contributed by atoms with E-state index in [2.05, 4.69) is 14.8 Å². The number of aryl methyl sites for hydroxylation is 1. The molecule has 0 saturated heterocycles. The number of fused-ring (bicyclic) bond motifs is 1. The van der Waals surface area contributed by atoms with Crippen LogP contribution in [0.4, 0.5) is 18.0 Å². The molecule has 1 atom stereocenters. The summed E-state index contributed by atoms with van der Waals surface area (Å²) in [4.78, 5) is 27.1. The molecule has 0 fully saturated rings. The van der Waals surface area contributed by atoms with Crippen molar-refractivity contribution in [1.82, 2.24) is 19.3 Å². The molecule has 2 aromatic heterocycles. The number of nitrogens with zero attached hydrogens (tertiary/aromatic N) is 4. The van der Waals surface area contributed by atoms with Gasteiger partial charge >= 0.3 is 18.0 Å². The van der Waals surface area contributed by atoms with Gasteiger partial charge in [0, 0.05) is 19.0 Å². The van der Waals surface area contributed by atoms with Crippen LogP contribution in [-0.2, 0) is 23.9 Å². The lowest BCUT2D eigenvalue weighted by Gasteiger charge is -2.21. The van der Waals surface area contributed by atoms with Crippen LogP contribution in [0.2, 0.25) is 5.02 Å². The quantitative estimate of drug-likeness (QED) is 0.806. The number of hydrogen-bond acceptors (Lipinski definition) is 5. The molecule has 1 aliphatic rings. The second-order valence-electron chi connectivity index (χ2n) is 5.57. The SMILES string of the molecule is O=C(O)O[C@H]1CCCc2nn(Cc3nccc(C(F)(F)F)c3Cl)c(=O)n21. The van der Waals surface area contributed by atoms with Gasteiger partial charge in [0.1, 0.15) is 5.82 Å². The maximum atomic E-state index is 12.9. The molecule has 0 bridgehead atoms. The van der Waals surface area contributed by atoms with Crippen molar-refractivity contribution in [3.05, 3.63) is 44.9 Å². The van der Waals surface area contributed by atoms with Crippen molar-refractivity contribution in [2.24, 2.45) is 0 Å². The highest BCUT2D eigenvalue weighted by atomic mass is 35.5. The summed E-state index contributed by atoms with van der Waals surface area (Å²) in [6, 6.07) is 0.740. The first kappa shape index (κ1) is 18.2. The number of carbonyl (C=O) groups is 1. The number of carboxylic acid groups (broad SMARTS) is 1. The Kier molecular flexibility index (Phi) is 4.65. The van der Waals surface area contributed by atoms with E-state index in [0.29, 0.717) is 19.3 Å².